The summed E-state index contributed by atoms with van der Waals surface area (Å²) in [5.74, 6) is 2.56. The van der Waals surface area contributed by atoms with Crippen molar-refractivity contribution in [2.75, 3.05) is 0 Å². The molecule has 0 saturated carbocycles. The summed E-state index contributed by atoms with van der Waals surface area (Å²) in [6, 6.07) is -0.372. The van der Waals surface area contributed by atoms with Crippen LogP contribution < -0.4 is 5.32 Å². The molecule has 1 aliphatic heterocycles. The number of ether oxygens (including phenoxy) is 1. The van der Waals surface area contributed by atoms with Crippen molar-refractivity contribution in [1.29, 1.82) is 0 Å². The Morgan fingerprint density at radius 2 is 2.53 bits per heavy atom. The minimum absolute atomic E-state index is 0.372. The van der Waals surface area contributed by atoms with Crippen LogP contribution in [0.15, 0.2) is 23.8 Å². The van der Waals surface area contributed by atoms with Gasteiger partial charge < -0.3 is 10.1 Å². The molecule has 2 rings (SSSR count). The van der Waals surface area contributed by atoms with Crippen LogP contribution in [0.5, 0.6) is 0 Å². The van der Waals surface area contributed by atoms with Gasteiger partial charge in [-0.15, -0.1) is 6.42 Å². The molecule has 0 radical (unpaired) electrons. The lowest BCUT2D eigenvalue weighted by molar-refractivity contribution is 0.0881. The highest BCUT2D eigenvalue weighted by molar-refractivity contribution is 5.73. The molecule has 0 spiro atoms. The number of carbonyl (C=O) groups is 1. The Bertz CT molecular complexity index is 389. The zero-order chi connectivity index (χ0) is 10.9. The molecule has 0 aromatic rings. The van der Waals surface area contributed by atoms with Crippen molar-refractivity contribution in [3.8, 4) is 12.3 Å². The van der Waals surface area contributed by atoms with Crippen LogP contribution in [0.4, 0.5) is 4.79 Å². The van der Waals surface area contributed by atoms with E-state index in [1.54, 1.807) is 0 Å². The summed E-state index contributed by atoms with van der Waals surface area (Å²) in [6.07, 6.45) is 12.9. The van der Waals surface area contributed by atoms with Gasteiger partial charge in [0.25, 0.3) is 0 Å². The lowest BCUT2D eigenvalue weighted by Gasteiger charge is -2.29. The number of alkyl carbamates (subject to hydrolysis) is 1. The monoisotopic (exact) mass is 203 g/mol. The maximum atomic E-state index is 11.2. The van der Waals surface area contributed by atoms with Gasteiger partial charge in [0.2, 0.25) is 0 Å². The lowest BCUT2D eigenvalue weighted by atomic mass is 9.84. The van der Waals surface area contributed by atoms with E-state index in [1.165, 1.54) is 0 Å². The zero-order valence-electron chi connectivity index (χ0n) is 8.62. The minimum atomic E-state index is -0.684. The smallest absolute Gasteiger partial charge is 0.409 e. The molecule has 2 atom stereocenters. The standard InChI is InChI=1S/C12H13NO2/c1-3-10-12(2,15-11(14)13-10)9-7-5-4-6-8-9/h1,4-5,7,10H,6,8H2,2H3,(H,13,14)/t10-,12?/m0/s1. The average molecular weight is 203 g/mol. The van der Waals surface area contributed by atoms with E-state index in [0.29, 0.717) is 0 Å². The summed E-state index contributed by atoms with van der Waals surface area (Å²) >= 11 is 0. The third-order valence-electron chi connectivity index (χ3n) is 2.94. The Hall–Kier alpha value is -1.69. The normalized spacial score (nSPS) is 34.0. The van der Waals surface area contributed by atoms with Gasteiger partial charge in [-0.05, 0) is 25.3 Å². The number of amides is 1. The van der Waals surface area contributed by atoms with Crippen molar-refractivity contribution >= 4 is 6.09 Å². The molecule has 1 N–H and O–H groups in total. The number of rotatable bonds is 1. The Labute approximate surface area is 89.2 Å². The zero-order valence-corrected chi connectivity index (χ0v) is 8.62. The summed E-state index contributed by atoms with van der Waals surface area (Å²) in [5.41, 5.74) is 0.391. The Morgan fingerprint density at radius 1 is 1.73 bits per heavy atom. The molecule has 78 valence electrons. The predicted octanol–water partition coefficient (Wildman–Crippen LogP) is 1.76. The number of hydrogen-bond donors (Lipinski definition) is 1. The van der Waals surface area contributed by atoms with Gasteiger partial charge in [-0.3, -0.25) is 0 Å². The Kier molecular flexibility index (Phi) is 2.28. The van der Waals surface area contributed by atoms with E-state index in [0.717, 1.165) is 18.4 Å². The molecule has 0 bridgehead atoms. The topological polar surface area (TPSA) is 38.3 Å². The SMILES string of the molecule is C#C[C@@H]1NC(=O)OC1(C)C1=CC=CCC1. The van der Waals surface area contributed by atoms with Crippen LogP contribution in [0.1, 0.15) is 19.8 Å². The van der Waals surface area contributed by atoms with E-state index in [2.05, 4.69) is 17.3 Å². The van der Waals surface area contributed by atoms with Crippen LogP contribution in [-0.4, -0.2) is 17.7 Å². The van der Waals surface area contributed by atoms with E-state index >= 15 is 0 Å². The molecular formula is C12H13NO2. The largest absolute Gasteiger partial charge is 0.435 e. The first kappa shape index (κ1) is 9.85. The highest BCUT2D eigenvalue weighted by atomic mass is 16.6. The Morgan fingerprint density at radius 3 is 3.13 bits per heavy atom. The van der Waals surface area contributed by atoms with Gasteiger partial charge in [-0.2, -0.15) is 0 Å². The third-order valence-corrected chi connectivity index (χ3v) is 2.94. The van der Waals surface area contributed by atoms with Crippen molar-refractivity contribution < 1.29 is 9.53 Å². The fourth-order valence-electron chi connectivity index (χ4n) is 2.00. The second-order valence-electron chi connectivity index (χ2n) is 3.90. The fraction of sp³-hybridized carbons (Fsp3) is 0.417. The number of hydrogen-bond acceptors (Lipinski definition) is 2. The first-order valence-corrected chi connectivity index (χ1v) is 4.98. The Balaban J connectivity index is 2.32. The van der Waals surface area contributed by atoms with Gasteiger partial charge in [-0.25, -0.2) is 4.79 Å². The molecule has 15 heavy (non-hydrogen) atoms. The maximum absolute atomic E-state index is 11.2. The summed E-state index contributed by atoms with van der Waals surface area (Å²) < 4.78 is 5.30. The van der Waals surface area contributed by atoms with Gasteiger partial charge >= 0.3 is 6.09 Å². The lowest BCUT2D eigenvalue weighted by Crippen LogP contribution is -2.41. The third kappa shape index (κ3) is 1.52. The molecule has 1 amide bonds. The van der Waals surface area contributed by atoms with Crippen LogP contribution in [0.25, 0.3) is 0 Å². The average Bonchev–Trinajstić information content (AvgIpc) is 2.56. The summed E-state index contributed by atoms with van der Waals surface area (Å²) in [5, 5.41) is 2.63. The fourth-order valence-corrected chi connectivity index (χ4v) is 2.00. The summed E-state index contributed by atoms with van der Waals surface area (Å²) in [7, 11) is 0. The highest BCUT2D eigenvalue weighted by Crippen LogP contribution is 2.34. The molecule has 1 aliphatic carbocycles. The first-order chi connectivity index (χ1) is 7.16. The molecule has 1 fully saturated rings. The molecule has 3 nitrogen and oxygen atoms in total. The van der Waals surface area contributed by atoms with Crippen LogP contribution in [0.2, 0.25) is 0 Å². The van der Waals surface area contributed by atoms with E-state index < -0.39 is 11.7 Å². The highest BCUT2D eigenvalue weighted by Gasteiger charge is 2.46. The van der Waals surface area contributed by atoms with Crippen molar-refractivity contribution in [3.63, 3.8) is 0 Å². The summed E-state index contributed by atoms with van der Waals surface area (Å²) in [6.45, 7) is 1.86. The van der Waals surface area contributed by atoms with Crippen molar-refractivity contribution in [2.45, 2.75) is 31.4 Å². The summed E-state index contributed by atoms with van der Waals surface area (Å²) in [4.78, 5) is 11.2. The quantitative estimate of drug-likeness (QED) is 0.659. The van der Waals surface area contributed by atoms with E-state index in [9.17, 15) is 4.79 Å². The number of nitrogens with one attached hydrogen (secondary N) is 1. The van der Waals surface area contributed by atoms with Crippen LogP contribution in [-0.2, 0) is 4.74 Å². The number of terminal acetylenes is 1. The number of allylic oxidation sites excluding steroid dienone is 3. The van der Waals surface area contributed by atoms with E-state index in [-0.39, 0.29) is 6.04 Å². The van der Waals surface area contributed by atoms with Gasteiger partial charge in [-0.1, -0.05) is 24.1 Å². The van der Waals surface area contributed by atoms with Crippen molar-refractivity contribution in [3.05, 3.63) is 23.8 Å². The molecule has 3 heteroatoms. The van der Waals surface area contributed by atoms with Crippen LogP contribution in [0, 0.1) is 12.3 Å². The second-order valence-corrected chi connectivity index (χ2v) is 3.90. The molecule has 1 unspecified atom stereocenters. The molecule has 1 heterocycles. The van der Waals surface area contributed by atoms with Crippen LogP contribution >= 0.6 is 0 Å². The first-order valence-electron chi connectivity index (χ1n) is 4.98. The minimum Gasteiger partial charge on any atom is -0.435 e. The second kappa shape index (κ2) is 3.47. The van der Waals surface area contributed by atoms with E-state index in [4.69, 9.17) is 11.2 Å². The molecular weight excluding hydrogens is 190 g/mol. The molecule has 0 aromatic carbocycles. The maximum Gasteiger partial charge on any atom is 0.409 e. The van der Waals surface area contributed by atoms with Gasteiger partial charge in [0, 0.05) is 0 Å². The van der Waals surface area contributed by atoms with Crippen LogP contribution in [0.3, 0.4) is 0 Å². The van der Waals surface area contributed by atoms with Crippen molar-refractivity contribution in [1.82, 2.24) is 5.32 Å². The molecule has 2 aliphatic rings. The number of carbonyl (C=O) groups excluding carboxylic acids is 1. The van der Waals surface area contributed by atoms with Gasteiger partial charge in [0.05, 0.1) is 0 Å². The van der Waals surface area contributed by atoms with Gasteiger partial charge in [0.1, 0.15) is 6.04 Å². The number of cyclic esters (lactones) is 1. The molecule has 1 saturated heterocycles. The van der Waals surface area contributed by atoms with E-state index in [1.807, 2.05) is 19.1 Å². The molecule has 0 aromatic heterocycles. The predicted molar refractivity (Wildman–Crippen MR) is 57.1 cm³/mol. The van der Waals surface area contributed by atoms with Gasteiger partial charge in [0.15, 0.2) is 5.60 Å². The van der Waals surface area contributed by atoms with Crippen molar-refractivity contribution in [2.24, 2.45) is 0 Å².